The number of nitrogens with zero attached hydrogens (tertiary/aromatic N) is 1. The molecule has 3 N–H and O–H groups in total. The Morgan fingerprint density at radius 2 is 2.22 bits per heavy atom. The second-order valence-electron chi connectivity index (χ2n) is 4.18. The molecular weight excluding hydrogens is 242 g/mol. The summed E-state index contributed by atoms with van der Waals surface area (Å²) in [6.45, 7) is 2.08. The Balaban J connectivity index is 2.04. The standard InChI is InChI=1S/C14H13N3S/c1-9-8-16-12-5-4-10(7-11(9)12)17-14(15)13-3-2-6-18-13/h2-8,16H,1H3,(H2,15,17). The maximum Gasteiger partial charge on any atom is 0.141 e. The second kappa shape index (κ2) is 4.31. The SMILES string of the molecule is Cc1c[nH]c2ccc(N=C(N)c3cccs3)cc12. The fourth-order valence-electron chi connectivity index (χ4n) is 1.94. The van der Waals surface area contributed by atoms with E-state index in [1.54, 1.807) is 11.3 Å². The molecule has 3 rings (SSSR count). The van der Waals surface area contributed by atoms with Crippen molar-refractivity contribution >= 4 is 33.8 Å². The van der Waals surface area contributed by atoms with Gasteiger partial charge >= 0.3 is 0 Å². The Hall–Kier alpha value is -2.07. The van der Waals surface area contributed by atoms with E-state index in [1.165, 1.54) is 10.9 Å². The van der Waals surface area contributed by atoms with Crippen molar-refractivity contribution in [2.75, 3.05) is 0 Å². The summed E-state index contributed by atoms with van der Waals surface area (Å²) in [7, 11) is 0. The number of aryl methyl sites for hydroxylation is 1. The van der Waals surface area contributed by atoms with E-state index in [4.69, 9.17) is 5.73 Å². The van der Waals surface area contributed by atoms with Crippen molar-refractivity contribution in [2.24, 2.45) is 10.7 Å². The average molecular weight is 255 g/mol. The summed E-state index contributed by atoms with van der Waals surface area (Å²) in [4.78, 5) is 8.68. The molecule has 0 unspecified atom stereocenters. The summed E-state index contributed by atoms with van der Waals surface area (Å²) in [6.07, 6.45) is 2.00. The van der Waals surface area contributed by atoms with Gasteiger partial charge in [-0.25, -0.2) is 4.99 Å². The van der Waals surface area contributed by atoms with E-state index >= 15 is 0 Å². The van der Waals surface area contributed by atoms with Gasteiger partial charge < -0.3 is 10.7 Å². The monoisotopic (exact) mass is 255 g/mol. The lowest BCUT2D eigenvalue weighted by Crippen LogP contribution is -2.10. The van der Waals surface area contributed by atoms with Crippen LogP contribution in [0.25, 0.3) is 10.9 Å². The van der Waals surface area contributed by atoms with Crippen molar-refractivity contribution in [3.63, 3.8) is 0 Å². The number of aromatic nitrogens is 1. The normalized spacial score (nSPS) is 12.2. The van der Waals surface area contributed by atoms with Crippen LogP contribution in [0.3, 0.4) is 0 Å². The fraction of sp³-hybridized carbons (Fsp3) is 0.0714. The molecule has 18 heavy (non-hydrogen) atoms. The molecule has 0 fully saturated rings. The van der Waals surface area contributed by atoms with Crippen molar-refractivity contribution in [3.05, 3.63) is 52.3 Å². The van der Waals surface area contributed by atoms with Crippen LogP contribution in [0, 0.1) is 6.92 Å². The first-order valence-electron chi connectivity index (χ1n) is 5.70. The van der Waals surface area contributed by atoms with Gasteiger partial charge in [-0.15, -0.1) is 11.3 Å². The zero-order valence-corrected chi connectivity index (χ0v) is 10.8. The Kier molecular flexibility index (Phi) is 2.64. The number of amidine groups is 1. The van der Waals surface area contributed by atoms with Gasteiger partial charge in [0.25, 0.3) is 0 Å². The molecule has 3 aromatic rings. The topological polar surface area (TPSA) is 54.2 Å². The molecular formula is C14H13N3S. The fourth-order valence-corrected chi connectivity index (χ4v) is 2.56. The van der Waals surface area contributed by atoms with Crippen LogP contribution in [0.5, 0.6) is 0 Å². The summed E-state index contributed by atoms with van der Waals surface area (Å²) in [5.74, 6) is 0.567. The van der Waals surface area contributed by atoms with Crippen molar-refractivity contribution in [1.29, 1.82) is 0 Å². The lowest BCUT2D eigenvalue weighted by atomic mass is 10.2. The van der Waals surface area contributed by atoms with Gasteiger partial charge in [0, 0.05) is 17.1 Å². The zero-order valence-electron chi connectivity index (χ0n) is 9.97. The molecule has 3 nitrogen and oxygen atoms in total. The highest BCUT2D eigenvalue weighted by Crippen LogP contribution is 2.24. The number of nitrogens with two attached hydrogens (primary N) is 1. The number of benzene rings is 1. The minimum absolute atomic E-state index is 0.567. The van der Waals surface area contributed by atoms with Crippen LogP contribution < -0.4 is 5.73 Å². The largest absolute Gasteiger partial charge is 0.383 e. The molecule has 0 aliphatic heterocycles. The van der Waals surface area contributed by atoms with Crippen LogP contribution in [-0.4, -0.2) is 10.8 Å². The highest BCUT2D eigenvalue weighted by Gasteiger charge is 2.02. The van der Waals surface area contributed by atoms with Gasteiger partial charge in [0.1, 0.15) is 5.84 Å². The first-order chi connectivity index (χ1) is 8.74. The first-order valence-corrected chi connectivity index (χ1v) is 6.58. The third kappa shape index (κ3) is 1.91. The second-order valence-corrected chi connectivity index (χ2v) is 5.12. The van der Waals surface area contributed by atoms with Crippen LogP contribution in [-0.2, 0) is 0 Å². The lowest BCUT2D eigenvalue weighted by molar-refractivity contribution is 1.43. The van der Waals surface area contributed by atoms with E-state index in [1.807, 2.05) is 35.8 Å². The molecule has 0 radical (unpaired) electrons. The summed E-state index contributed by atoms with van der Waals surface area (Å²) in [5.41, 5.74) is 9.21. The van der Waals surface area contributed by atoms with Gasteiger partial charge in [0.15, 0.2) is 0 Å². The number of thiophene rings is 1. The van der Waals surface area contributed by atoms with Crippen molar-refractivity contribution in [2.45, 2.75) is 6.92 Å². The number of hydrogen-bond donors (Lipinski definition) is 2. The molecule has 4 heteroatoms. The number of nitrogens with one attached hydrogen (secondary N) is 1. The van der Waals surface area contributed by atoms with E-state index in [2.05, 4.69) is 23.0 Å². The Labute approximate surface area is 109 Å². The van der Waals surface area contributed by atoms with E-state index in [9.17, 15) is 0 Å². The highest BCUT2D eigenvalue weighted by molar-refractivity contribution is 7.12. The van der Waals surface area contributed by atoms with Crippen molar-refractivity contribution in [3.8, 4) is 0 Å². The molecule has 0 aliphatic carbocycles. The van der Waals surface area contributed by atoms with Gasteiger partial charge in [0.2, 0.25) is 0 Å². The molecule has 90 valence electrons. The molecule has 0 bridgehead atoms. The van der Waals surface area contributed by atoms with Gasteiger partial charge in [0.05, 0.1) is 10.6 Å². The molecule has 2 aromatic heterocycles. The molecule has 0 saturated carbocycles. The van der Waals surface area contributed by atoms with Crippen LogP contribution in [0.1, 0.15) is 10.4 Å². The van der Waals surface area contributed by atoms with Gasteiger partial charge in [-0.05, 0) is 42.1 Å². The highest BCUT2D eigenvalue weighted by atomic mass is 32.1. The molecule has 2 heterocycles. The van der Waals surface area contributed by atoms with Crippen LogP contribution in [0.4, 0.5) is 5.69 Å². The number of rotatable bonds is 2. The van der Waals surface area contributed by atoms with E-state index in [-0.39, 0.29) is 0 Å². The number of hydrogen-bond acceptors (Lipinski definition) is 2. The zero-order chi connectivity index (χ0) is 12.5. The van der Waals surface area contributed by atoms with Gasteiger partial charge in [-0.2, -0.15) is 0 Å². The van der Waals surface area contributed by atoms with Crippen molar-refractivity contribution < 1.29 is 0 Å². The number of aromatic amines is 1. The summed E-state index contributed by atoms with van der Waals surface area (Å²) < 4.78 is 0. The maximum absolute atomic E-state index is 5.98. The third-order valence-corrected chi connectivity index (χ3v) is 3.79. The van der Waals surface area contributed by atoms with E-state index in [0.29, 0.717) is 5.84 Å². The average Bonchev–Trinajstić information content (AvgIpc) is 3.00. The minimum Gasteiger partial charge on any atom is -0.383 e. The predicted octanol–water partition coefficient (Wildman–Crippen LogP) is 3.57. The summed E-state index contributed by atoms with van der Waals surface area (Å²) in [5, 5.41) is 3.19. The van der Waals surface area contributed by atoms with E-state index in [0.717, 1.165) is 16.1 Å². The molecule has 0 aliphatic rings. The molecule has 0 amide bonds. The Morgan fingerprint density at radius 3 is 3.00 bits per heavy atom. The van der Waals surface area contributed by atoms with Crippen LogP contribution in [0.2, 0.25) is 0 Å². The molecule has 0 atom stereocenters. The summed E-state index contributed by atoms with van der Waals surface area (Å²) in [6, 6.07) is 10.0. The molecule has 1 aromatic carbocycles. The predicted molar refractivity (Wildman–Crippen MR) is 77.7 cm³/mol. The smallest absolute Gasteiger partial charge is 0.141 e. The number of fused-ring (bicyclic) bond motifs is 1. The van der Waals surface area contributed by atoms with Crippen molar-refractivity contribution in [1.82, 2.24) is 4.98 Å². The number of aliphatic imine (C=N–C) groups is 1. The molecule has 0 saturated heterocycles. The third-order valence-electron chi connectivity index (χ3n) is 2.90. The molecule has 0 spiro atoms. The Bertz CT molecular complexity index is 708. The van der Waals surface area contributed by atoms with Gasteiger partial charge in [-0.1, -0.05) is 6.07 Å². The number of H-pyrrole nitrogens is 1. The quantitative estimate of drug-likeness (QED) is 0.533. The van der Waals surface area contributed by atoms with Crippen LogP contribution >= 0.6 is 11.3 Å². The maximum atomic E-state index is 5.98. The van der Waals surface area contributed by atoms with E-state index < -0.39 is 0 Å². The summed E-state index contributed by atoms with van der Waals surface area (Å²) >= 11 is 1.60. The first kappa shape index (κ1) is 11.0. The van der Waals surface area contributed by atoms with Gasteiger partial charge in [-0.3, -0.25) is 0 Å². The Morgan fingerprint density at radius 1 is 1.33 bits per heavy atom. The van der Waals surface area contributed by atoms with Crippen LogP contribution in [0.15, 0.2) is 46.9 Å². The minimum atomic E-state index is 0.567. The lowest BCUT2D eigenvalue weighted by Gasteiger charge is -1.99.